The van der Waals surface area contributed by atoms with Gasteiger partial charge in [-0.05, 0) is 19.3 Å². The van der Waals surface area contributed by atoms with E-state index < -0.39 is 0 Å². The minimum Gasteiger partial charge on any atom is -0.401 e. The van der Waals surface area contributed by atoms with Crippen LogP contribution in [0, 0.1) is 0 Å². The van der Waals surface area contributed by atoms with Gasteiger partial charge in [-0.2, -0.15) is 0 Å². The monoisotopic (exact) mass is 180 g/mol. The highest BCUT2D eigenvalue weighted by molar-refractivity contribution is 6.23. The van der Waals surface area contributed by atoms with E-state index in [1.807, 2.05) is 6.92 Å². The molecule has 0 aromatic rings. The van der Waals surface area contributed by atoms with E-state index in [0.717, 1.165) is 30.7 Å². The maximum Gasteiger partial charge on any atom is 0.166 e. The van der Waals surface area contributed by atoms with Crippen LogP contribution in [0.25, 0.3) is 0 Å². The maximum atomic E-state index is 11.5. The third-order valence-corrected chi connectivity index (χ3v) is 2.34. The summed E-state index contributed by atoms with van der Waals surface area (Å²) in [5.41, 5.74) is 8.06. The zero-order chi connectivity index (χ0) is 9.84. The molecule has 13 heavy (non-hydrogen) atoms. The Morgan fingerprint density at radius 3 is 2.69 bits per heavy atom. The molecule has 3 heteroatoms. The summed E-state index contributed by atoms with van der Waals surface area (Å²) in [6, 6.07) is 0. The van der Waals surface area contributed by atoms with Gasteiger partial charge in [-0.3, -0.25) is 9.79 Å². The van der Waals surface area contributed by atoms with Crippen molar-refractivity contribution in [3.8, 4) is 0 Å². The molecule has 1 rings (SSSR count). The third kappa shape index (κ3) is 1.97. The summed E-state index contributed by atoms with van der Waals surface area (Å²) in [7, 11) is 1.71. The van der Waals surface area contributed by atoms with Crippen LogP contribution in [-0.4, -0.2) is 18.5 Å². The average molecular weight is 180 g/mol. The van der Waals surface area contributed by atoms with Crippen LogP contribution in [0.4, 0.5) is 0 Å². The molecular formula is C10H16N2O. The smallest absolute Gasteiger partial charge is 0.166 e. The number of Topliss-reactive ketones (excluding diaryl/α,β-unsaturated/α-hetero) is 1. The predicted octanol–water partition coefficient (Wildman–Crippen LogP) is 1.43. The van der Waals surface area contributed by atoms with E-state index in [1.54, 1.807) is 7.05 Å². The fourth-order valence-electron chi connectivity index (χ4n) is 1.66. The molecule has 0 aromatic heterocycles. The molecule has 0 aliphatic heterocycles. The van der Waals surface area contributed by atoms with Crippen molar-refractivity contribution in [3.63, 3.8) is 0 Å². The van der Waals surface area contributed by atoms with Crippen molar-refractivity contribution >= 4 is 11.5 Å². The van der Waals surface area contributed by atoms with E-state index in [4.69, 9.17) is 5.73 Å². The molecule has 0 saturated carbocycles. The van der Waals surface area contributed by atoms with Gasteiger partial charge in [0.15, 0.2) is 5.78 Å². The van der Waals surface area contributed by atoms with Gasteiger partial charge in [-0.1, -0.05) is 6.92 Å². The van der Waals surface area contributed by atoms with Crippen LogP contribution >= 0.6 is 0 Å². The van der Waals surface area contributed by atoms with Crippen LogP contribution in [0.1, 0.15) is 32.6 Å². The lowest BCUT2D eigenvalue weighted by Crippen LogP contribution is -2.22. The molecule has 1 aliphatic rings. The second-order valence-corrected chi connectivity index (χ2v) is 3.20. The van der Waals surface area contributed by atoms with E-state index >= 15 is 0 Å². The normalized spacial score (nSPS) is 19.5. The summed E-state index contributed by atoms with van der Waals surface area (Å²) in [6.07, 6.45) is 3.11. The van der Waals surface area contributed by atoms with Crippen molar-refractivity contribution in [2.24, 2.45) is 10.7 Å². The first-order chi connectivity index (χ1) is 6.20. The first-order valence-electron chi connectivity index (χ1n) is 4.68. The number of nitrogens with zero attached hydrogens (tertiary/aromatic N) is 1. The van der Waals surface area contributed by atoms with E-state index in [0.29, 0.717) is 12.0 Å². The zero-order valence-corrected chi connectivity index (χ0v) is 8.26. The fourth-order valence-corrected chi connectivity index (χ4v) is 1.66. The van der Waals surface area contributed by atoms with Crippen molar-refractivity contribution < 1.29 is 4.79 Å². The van der Waals surface area contributed by atoms with Crippen LogP contribution in [0.15, 0.2) is 16.3 Å². The quantitative estimate of drug-likeness (QED) is 0.653. The van der Waals surface area contributed by atoms with Gasteiger partial charge in [0.1, 0.15) is 0 Å². The Kier molecular flexibility index (Phi) is 3.23. The lowest BCUT2D eigenvalue weighted by Gasteiger charge is -2.16. The average Bonchev–Trinajstić information content (AvgIpc) is 2.11. The molecule has 1 aliphatic carbocycles. The van der Waals surface area contributed by atoms with Crippen molar-refractivity contribution in [1.82, 2.24) is 0 Å². The lowest BCUT2D eigenvalue weighted by molar-refractivity contribution is -0.115. The minimum atomic E-state index is 0.159. The molecule has 0 atom stereocenters. The highest BCUT2D eigenvalue weighted by Crippen LogP contribution is 2.20. The number of carbonyl (C=O) groups is 1. The molecule has 0 heterocycles. The molecular weight excluding hydrogens is 164 g/mol. The van der Waals surface area contributed by atoms with Crippen molar-refractivity contribution in [2.75, 3.05) is 7.05 Å². The number of allylic oxidation sites excluding steroid dienone is 2. The third-order valence-electron chi connectivity index (χ3n) is 2.34. The van der Waals surface area contributed by atoms with Crippen molar-refractivity contribution in [1.29, 1.82) is 0 Å². The molecule has 0 unspecified atom stereocenters. The molecule has 0 fully saturated rings. The molecule has 0 saturated heterocycles. The molecule has 2 N–H and O–H groups in total. The van der Waals surface area contributed by atoms with E-state index in [1.165, 1.54) is 0 Å². The van der Waals surface area contributed by atoms with Gasteiger partial charge in [0.25, 0.3) is 0 Å². The number of nitrogens with two attached hydrogens (primary N) is 1. The predicted molar refractivity (Wildman–Crippen MR) is 53.7 cm³/mol. The second kappa shape index (κ2) is 4.21. The summed E-state index contributed by atoms with van der Waals surface area (Å²) < 4.78 is 0. The standard InChI is InChI=1S/C10H16N2O/c1-3-8(12-2)10-7(11)5-4-6-9(10)13/h3-6,11H2,1-2H3. The molecule has 0 radical (unpaired) electrons. The molecule has 0 spiro atoms. The summed E-state index contributed by atoms with van der Waals surface area (Å²) >= 11 is 0. The summed E-state index contributed by atoms with van der Waals surface area (Å²) in [6.45, 7) is 1.99. The first-order valence-corrected chi connectivity index (χ1v) is 4.68. The largest absolute Gasteiger partial charge is 0.401 e. The number of aliphatic imine (C=N–C) groups is 1. The van der Waals surface area contributed by atoms with Gasteiger partial charge in [-0.25, -0.2) is 0 Å². The van der Waals surface area contributed by atoms with E-state index in [2.05, 4.69) is 4.99 Å². The van der Waals surface area contributed by atoms with E-state index in [-0.39, 0.29) is 5.78 Å². The molecule has 0 aromatic carbocycles. The van der Waals surface area contributed by atoms with Crippen molar-refractivity contribution in [3.05, 3.63) is 11.3 Å². The highest BCUT2D eigenvalue weighted by Gasteiger charge is 2.21. The van der Waals surface area contributed by atoms with Gasteiger partial charge < -0.3 is 5.73 Å². The topological polar surface area (TPSA) is 55.4 Å². The Bertz CT molecular complexity index is 277. The van der Waals surface area contributed by atoms with Crippen LogP contribution in [0.5, 0.6) is 0 Å². The van der Waals surface area contributed by atoms with Crippen molar-refractivity contribution in [2.45, 2.75) is 32.6 Å². The maximum absolute atomic E-state index is 11.5. The van der Waals surface area contributed by atoms with Crippen LogP contribution in [-0.2, 0) is 4.79 Å². The number of rotatable bonds is 2. The second-order valence-electron chi connectivity index (χ2n) is 3.20. The van der Waals surface area contributed by atoms with Gasteiger partial charge in [0.2, 0.25) is 0 Å². The lowest BCUT2D eigenvalue weighted by atomic mass is 9.91. The molecule has 0 bridgehead atoms. The Balaban J connectivity index is 3.04. The molecule has 0 amide bonds. The fraction of sp³-hybridized carbons (Fsp3) is 0.600. The first kappa shape index (κ1) is 9.96. The van der Waals surface area contributed by atoms with Crippen LogP contribution < -0.4 is 5.73 Å². The highest BCUT2D eigenvalue weighted by atomic mass is 16.1. The van der Waals surface area contributed by atoms with Gasteiger partial charge >= 0.3 is 0 Å². The number of hydrogen-bond acceptors (Lipinski definition) is 3. The molecule has 72 valence electrons. The Morgan fingerprint density at radius 1 is 1.54 bits per heavy atom. The van der Waals surface area contributed by atoms with Crippen LogP contribution in [0.2, 0.25) is 0 Å². The Morgan fingerprint density at radius 2 is 2.23 bits per heavy atom. The Hall–Kier alpha value is -1.12. The number of carbonyl (C=O) groups excluding carboxylic acids is 1. The van der Waals surface area contributed by atoms with E-state index in [9.17, 15) is 4.79 Å². The van der Waals surface area contributed by atoms with Gasteiger partial charge in [0.05, 0.1) is 5.57 Å². The van der Waals surface area contributed by atoms with Crippen LogP contribution in [0.3, 0.4) is 0 Å². The Labute approximate surface area is 78.7 Å². The minimum absolute atomic E-state index is 0.159. The summed E-state index contributed by atoms with van der Waals surface area (Å²) in [5, 5.41) is 0. The SMILES string of the molecule is CCC(=NC)C1=C(N)CCCC1=O. The van der Waals surface area contributed by atoms with Gasteiger partial charge in [0, 0.05) is 24.9 Å². The number of hydrogen-bond donors (Lipinski definition) is 1. The summed E-state index contributed by atoms with van der Waals surface area (Å²) in [4.78, 5) is 15.6. The van der Waals surface area contributed by atoms with Gasteiger partial charge in [-0.15, -0.1) is 0 Å². The summed E-state index contributed by atoms with van der Waals surface area (Å²) in [5.74, 6) is 0.159. The molecule has 3 nitrogen and oxygen atoms in total. The number of ketones is 1. The zero-order valence-electron chi connectivity index (χ0n) is 8.26.